The molecule has 0 aromatic heterocycles. The van der Waals surface area contributed by atoms with E-state index in [0.29, 0.717) is 6.54 Å². The number of likely N-dealkylation sites (N-methyl/N-ethyl adjacent to an activating group) is 1. The maximum Gasteiger partial charge on any atom is 0.236 e. The van der Waals surface area contributed by atoms with Gasteiger partial charge in [0.1, 0.15) is 0 Å². The lowest BCUT2D eigenvalue weighted by Crippen LogP contribution is -2.32. The summed E-state index contributed by atoms with van der Waals surface area (Å²) in [5.41, 5.74) is 9.95. The minimum atomic E-state index is -0.0638. The Kier molecular flexibility index (Phi) is 6.46. The predicted molar refractivity (Wildman–Crippen MR) is 103 cm³/mol. The van der Waals surface area contributed by atoms with Gasteiger partial charge in [0.2, 0.25) is 5.91 Å². The fraction of sp³-hybridized carbons (Fsp3) is 0.263. The molecule has 0 saturated heterocycles. The van der Waals surface area contributed by atoms with E-state index in [1.165, 1.54) is 5.56 Å². The molecule has 2 rings (SSSR count). The zero-order valence-electron chi connectivity index (χ0n) is 14.1. The van der Waals surface area contributed by atoms with Crippen LogP contribution in [0.2, 0.25) is 0 Å². The van der Waals surface area contributed by atoms with Crippen molar-refractivity contribution in [1.29, 1.82) is 0 Å². The Labute approximate surface area is 148 Å². The number of amides is 1. The fourth-order valence-corrected chi connectivity index (χ4v) is 2.48. The quantitative estimate of drug-likeness (QED) is 0.793. The number of hydrogen-bond donors (Lipinski definition) is 2. The van der Waals surface area contributed by atoms with Gasteiger partial charge in [0.05, 0.1) is 11.5 Å². The number of benzene rings is 2. The lowest BCUT2D eigenvalue weighted by atomic mass is 10.0. The number of carbonyl (C=O) groups is 1. The summed E-state index contributed by atoms with van der Waals surface area (Å²) in [6.07, 6.45) is 0. The third-order valence-electron chi connectivity index (χ3n) is 3.78. The van der Waals surface area contributed by atoms with Gasteiger partial charge in [-0.05, 0) is 35.2 Å². The van der Waals surface area contributed by atoms with E-state index in [-0.39, 0.29) is 12.5 Å². The van der Waals surface area contributed by atoms with Gasteiger partial charge in [-0.15, -0.1) is 0 Å². The maximum absolute atomic E-state index is 11.6. The first kappa shape index (κ1) is 18.1. The highest BCUT2D eigenvalue weighted by molar-refractivity contribution is 7.80. The molecule has 2 aromatic rings. The van der Waals surface area contributed by atoms with Gasteiger partial charge in [-0.2, -0.15) is 0 Å². The molecule has 0 spiro atoms. The van der Waals surface area contributed by atoms with Gasteiger partial charge in [0.15, 0.2) is 0 Å². The topological polar surface area (TPSA) is 58.4 Å². The van der Waals surface area contributed by atoms with Gasteiger partial charge < -0.3 is 16.0 Å². The summed E-state index contributed by atoms with van der Waals surface area (Å²) in [5.74, 6) is -0.0638. The summed E-state index contributed by atoms with van der Waals surface area (Å²) in [6, 6.07) is 16.6. The standard InChI is InChI=1S/C19H23N3OS/c1-14(24)21-12-15-6-8-17(9-7-15)18-5-3-4-16(10-18)13-22(2)19(23)11-20/h3-10H,11-13,20H2,1-2H3,(H,21,24). The summed E-state index contributed by atoms with van der Waals surface area (Å²) in [6.45, 7) is 3.20. The van der Waals surface area contributed by atoms with E-state index in [9.17, 15) is 4.79 Å². The lowest BCUT2D eigenvalue weighted by Gasteiger charge is -2.16. The van der Waals surface area contributed by atoms with Crippen molar-refractivity contribution >= 4 is 23.1 Å². The monoisotopic (exact) mass is 341 g/mol. The molecule has 0 aliphatic rings. The van der Waals surface area contributed by atoms with Crippen LogP contribution in [0.3, 0.4) is 0 Å². The van der Waals surface area contributed by atoms with Crippen LogP contribution >= 0.6 is 12.2 Å². The average Bonchev–Trinajstić information content (AvgIpc) is 2.59. The summed E-state index contributed by atoms with van der Waals surface area (Å²) in [4.78, 5) is 14.0. The molecule has 0 unspecified atom stereocenters. The molecular weight excluding hydrogens is 318 g/mol. The molecule has 2 aromatic carbocycles. The Bertz CT molecular complexity index is 713. The van der Waals surface area contributed by atoms with Gasteiger partial charge in [-0.3, -0.25) is 4.79 Å². The molecule has 0 fully saturated rings. The van der Waals surface area contributed by atoms with E-state index in [1.54, 1.807) is 11.9 Å². The van der Waals surface area contributed by atoms with Crippen LogP contribution in [-0.2, 0) is 17.9 Å². The third kappa shape index (κ3) is 5.15. The Morgan fingerprint density at radius 2 is 1.83 bits per heavy atom. The van der Waals surface area contributed by atoms with Gasteiger partial charge in [0.25, 0.3) is 0 Å². The number of hydrogen-bond acceptors (Lipinski definition) is 3. The van der Waals surface area contributed by atoms with Crippen molar-refractivity contribution in [3.05, 3.63) is 59.7 Å². The minimum absolute atomic E-state index is 0.0346. The van der Waals surface area contributed by atoms with E-state index >= 15 is 0 Å². The number of nitrogens with zero attached hydrogens (tertiary/aromatic N) is 1. The molecule has 0 heterocycles. The SMILES string of the molecule is CC(=S)NCc1ccc(-c2cccc(CN(C)C(=O)CN)c2)cc1. The van der Waals surface area contributed by atoms with Crippen molar-refractivity contribution in [2.45, 2.75) is 20.0 Å². The summed E-state index contributed by atoms with van der Waals surface area (Å²) in [5, 5.41) is 3.15. The van der Waals surface area contributed by atoms with Crippen LogP contribution in [0, 0.1) is 0 Å². The molecule has 5 heteroatoms. The molecule has 0 radical (unpaired) electrons. The van der Waals surface area contributed by atoms with Crippen LogP contribution in [0.4, 0.5) is 0 Å². The van der Waals surface area contributed by atoms with Crippen molar-refractivity contribution < 1.29 is 4.79 Å². The highest BCUT2D eigenvalue weighted by atomic mass is 32.1. The third-order valence-corrected chi connectivity index (χ3v) is 3.92. The molecule has 0 aliphatic carbocycles. The summed E-state index contributed by atoms with van der Waals surface area (Å²) < 4.78 is 0. The first-order chi connectivity index (χ1) is 11.5. The Hall–Kier alpha value is -2.24. The fourth-order valence-electron chi connectivity index (χ4n) is 2.41. The second-order valence-corrected chi connectivity index (χ2v) is 6.37. The zero-order valence-corrected chi connectivity index (χ0v) is 14.9. The Balaban J connectivity index is 2.10. The second-order valence-electron chi connectivity index (χ2n) is 5.76. The van der Waals surface area contributed by atoms with Gasteiger partial charge in [0, 0.05) is 20.1 Å². The van der Waals surface area contributed by atoms with E-state index < -0.39 is 0 Å². The molecule has 1 amide bonds. The Morgan fingerprint density at radius 1 is 1.12 bits per heavy atom. The van der Waals surface area contributed by atoms with Crippen LogP contribution in [0.25, 0.3) is 11.1 Å². The molecule has 3 N–H and O–H groups in total. The number of nitrogens with one attached hydrogen (secondary N) is 1. The molecule has 0 bridgehead atoms. The Morgan fingerprint density at radius 3 is 2.46 bits per heavy atom. The number of carbonyl (C=O) groups excluding carboxylic acids is 1. The first-order valence-corrected chi connectivity index (χ1v) is 8.27. The normalized spacial score (nSPS) is 10.3. The van der Waals surface area contributed by atoms with Gasteiger partial charge >= 0.3 is 0 Å². The van der Waals surface area contributed by atoms with Gasteiger partial charge in [-0.25, -0.2) is 0 Å². The molecule has 126 valence electrons. The van der Waals surface area contributed by atoms with Crippen molar-refractivity contribution in [2.24, 2.45) is 5.73 Å². The van der Waals surface area contributed by atoms with Crippen LogP contribution in [-0.4, -0.2) is 29.4 Å². The van der Waals surface area contributed by atoms with Crippen LogP contribution < -0.4 is 11.1 Å². The molecule has 24 heavy (non-hydrogen) atoms. The van der Waals surface area contributed by atoms with Crippen molar-refractivity contribution in [3.8, 4) is 11.1 Å². The van der Waals surface area contributed by atoms with Crippen LogP contribution in [0.1, 0.15) is 18.1 Å². The molecule has 0 aliphatic heterocycles. The lowest BCUT2D eigenvalue weighted by molar-refractivity contribution is -0.128. The predicted octanol–water partition coefficient (Wildman–Crippen LogP) is 2.71. The van der Waals surface area contributed by atoms with Crippen molar-refractivity contribution in [2.75, 3.05) is 13.6 Å². The van der Waals surface area contributed by atoms with Crippen molar-refractivity contribution in [1.82, 2.24) is 10.2 Å². The number of nitrogens with two attached hydrogens (primary N) is 1. The molecular formula is C19H23N3OS. The minimum Gasteiger partial charge on any atom is -0.376 e. The maximum atomic E-state index is 11.6. The van der Waals surface area contributed by atoms with E-state index in [0.717, 1.165) is 28.2 Å². The highest BCUT2D eigenvalue weighted by Gasteiger charge is 2.07. The first-order valence-electron chi connectivity index (χ1n) is 7.86. The number of rotatable bonds is 6. The smallest absolute Gasteiger partial charge is 0.236 e. The van der Waals surface area contributed by atoms with E-state index in [4.69, 9.17) is 18.0 Å². The van der Waals surface area contributed by atoms with E-state index in [1.807, 2.05) is 19.1 Å². The van der Waals surface area contributed by atoms with E-state index in [2.05, 4.69) is 41.7 Å². The van der Waals surface area contributed by atoms with Crippen LogP contribution in [0.15, 0.2) is 48.5 Å². The van der Waals surface area contributed by atoms with Crippen LogP contribution in [0.5, 0.6) is 0 Å². The average molecular weight is 341 g/mol. The highest BCUT2D eigenvalue weighted by Crippen LogP contribution is 2.21. The van der Waals surface area contributed by atoms with Gasteiger partial charge in [-0.1, -0.05) is 54.7 Å². The summed E-state index contributed by atoms with van der Waals surface area (Å²) in [7, 11) is 1.77. The molecule has 0 atom stereocenters. The van der Waals surface area contributed by atoms with Crippen molar-refractivity contribution in [3.63, 3.8) is 0 Å². The number of thiocarbonyl (C=S) groups is 1. The zero-order chi connectivity index (χ0) is 17.5. The summed E-state index contributed by atoms with van der Waals surface area (Å²) >= 11 is 5.03. The largest absolute Gasteiger partial charge is 0.376 e. The molecule has 0 saturated carbocycles. The molecule has 4 nitrogen and oxygen atoms in total. The second kappa shape index (κ2) is 8.57.